The third-order valence-electron chi connectivity index (χ3n) is 6.16. The number of pyridine rings is 1. The molecule has 2 fully saturated rings. The van der Waals surface area contributed by atoms with Gasteiger partial charge in [-0.2, -0.15) is 0 Å². The molecule has 0 unspecified atom stereocenters. The molecule has 1 amide bonds. The largest absolute Gasteiger partial charge is 0.444 e. The Labute approximate surface area is 181 Å². The van der Waals surface area contributed by atoms with E-state index in [-0.39, 0.29) is 24.7 Å². The fourth-order valence-electron chi connectivity index (χ4n) is 4.64. The van der Waals surface area contributed by atoms with Gasteiger partial charge in [-0.05, 0) is 64.5 Å². The summed E-state index contributed by atoms with van der Waals surface area (Å²) >= 11 is 5.98. The predicted octanol–water partition coefficient (Wildman–Crippen LogP) is 5.41. The molecule has 0 bridgehead atoms. The van der Waals surface area contributed by atoms with E-state index in [9.17, 15) is 18.7 Å². The van der Waals surface area contributed by atoms with Crippen LogP contribution in [0.15, 0.2) is 18.3 Å². The van der Waals surface area contributed by atoms with Crippen LogP contribution in [0.5, 0.6) is 0 Å². The fraction of sp³-hybridized carbons (Fsp3) is 0.727. The maximum atomic E-state index is 13.8. The normalized spacial score (nSPS) is 23.1. The Morgan fingerprint density at radius 2 is 1.83 bits per heavy atom. The van der Waals surface area contributed by atoms with Crippen LogP contribution >= 0.6 is 11.6 Å². The van der Waals surface area contributed by atoms with Gasteiger partial charge in [0, 0.05) is 43.7 Å². The van der Waals surface area contributed by atoms with E-state index in [0.29, 0.717) is 49.5 Å². The number of carbonyl (C=O) groups excluding carboxylic acids is 1. The van der Waals surface area contributed by atoms with Gasteiger partial charge in [0.25, 0.3) is 0 Å². The van der Waals surface area contributed by atoms with Crippen molar-refractivity contribution in [2.24, 2.45) is 5.92 Å². The first-order chi connectivity index (χ1) is 13.9. The van der Waals surface area contributed by atoms with Gasteiger partial charge in [-0.3, -0.25) is 4.98 Å². The molecule has 2 heterocycles. The first-order valence-corrected chi connectivity index (χ1v) is 11.0. The van der Waals surface area contributed by atoms with E-state index in [1.54, 1.807) is 17.0 Å². The molecule has 3 rings (SSSR count). The number of piperidine rings is 1. The average molecular weight is 445 g/mol. The minimum absolute atomic E-state index is 0.101. The van der Waals surface area contributed by atoms with Crippen molar-refractivity contribution < 1.29 is 23.4 Å². The Hall–Kier alpha value is -1.47. The molecule has 1 saturated heterocycles. The first kappa shape index (κ1) is 23.2. The summed E-state index contributed by atoms with van der Waals surface area (Å²) in [5.74, 6) is -3.13. The number of aliphatic hydroxyl groups is 1. The topological polar surface area (TPSA) is 62.7 Å². The first-order valence-electron chi connectivity index (χ1n) is 10.6. The minimum Gasteiger partial charge on any atom is -0.444 e. The van der Waals surface area contributed by atoms with E-state index >= 15 is 0 Å². The molecule has 5 nitrogen and oxygen atoms in total. The van der Waals surface area contributed by atoms with Crippen molar-refractivity contribution in [3.8, 4) is 0 Å². The van der Waals surface area contributed by atoms with Crippen molar-refractivity contribution >= 4 is 17.7 Å². The van der Waals surface area contributed by atoms with E-state index in [4.69, 9.17) is 16.3 Å². The number of halogens is 3. The number of rotatable bonds is 3. The van der Waals surface area contributed by atoms with Crippen LogP contribution in [0.25, 0.3) is 0 Å². The molecule has 1 atom stereocenters. The lowest BCUT2D eigenvalue weighted by Crippen LogP contribution is -2.52. The lowest BCUT2D eigenvalue weighted by atomic mass is 9.66. The lowest BCUT2D eigenvalue weighted by Gasteiger charge is -2.46. The molecule has 1 N–H and O–H groups in total. The molecule has 0 spiro atoms. The van der Waals surface area contributed by atoms with Gasteiger partial charge in [-0.15, -0.1) is 0 Å². The predicted molar refractivity (Wildman–Crippen MR) is 111 cm³/mol. The van der Waals surface area contributed by atoms with Crippen molar-refractivity contribution in [1.82, 2.24) is 9.88 Å². The van der Waals surface area contributed by atoms with Crippen LogP contribution in [-0.2, 0) is 4.74 Å². The number of likely N-dealkylation sites (tertiary alicyclic amines) is 1. The second-order valence-corrected chi connectivity index (χ2v) is 10.1. The summed E-state index contributed by atoms with van der Waals surface area (Å²) in [6, 6.07) is 3.49. The summed E-state index contributed by atoms with van der Waals surface area (Å²) in [6.45, 7) is 6.13. The van der Waals surface area contributed by atoms with Crippen LogP contribution in [0, 0.1) is 5.92 Å². The molecular formula is C22H31ClF2N2O3. The molecule has 0 aromatic carbocycles. The van der Waals surface area contributed by atoms with E-state index in [1.165, 1.54) is 6.20 Å². The summed E-state index contributed by atoms with van der Waals surface area (Å²) in [5.41, 5.74) is -1.05. The van der Waals surface area contributed by atoms with Crippen LogP contribution in [0.1, 0.15) is 70.9 Å². The van der Waals surface area contributed by atoms with Crippen molar-refractivity contribution in [3.05, 3.63) is 29.0 Å². The van der Waals surface area contributed by atoms with Gasteiger partial charge in [0.15, 0.2) is 0 Å². The highest BCUT2D eigenvalue weighted by molar-refractivity contribution is 6.30. The quantitative estimate of drug-likeness (QED) is 0.677. The number of aromatic nitrogens is 1. The third kappa shape index (κ3) is 5.61. The Kier molecular flexibility index (Phi) is 6.63. The average Bonchev–Trinajstić information content (AvgIpc) is 2.64. The molecule has 30 heavy (non-hydrogen) atoms. The highest BCUT2D eigenvalue weighted by atomic mass is 35.5. The third-order valence-corrected chi connectivity index (χ3v) is 6.39. The minimum atomic E-state index is -2.64. The Bertz CT molecular complexity index is 734. The number of nitrogens with zero attached hydrogens (tertiary/aromatic N) is 2. The fourth-order valence-corrected chi connectivity index (χ4v) is 4.75. The molecule has 1 saturated carbocycles. The Morgan fingerprint density at radius 3 is 2.33 bits per heavy atom. The standard InChI is InChI=1S/C22H31ClF2N2O3/c1-20(2,3)30-19(28)27-12-10-21(29,11-13-27)18(17-5-4-16(23)14-26-17)15-6-8-22(24,25)9-7-15/h4-5,14-15,18,29H,6-13H2,1-3H3/t18-/m1/s1. The molecule has 1 aliphatic carbocycles. The molecule has 1 aromatic heterocycles. The van der Waals surface area contributed by atoms with Crippen molar-refractivity contribution in [2.75, 3.05) is 13.1 Å². The summed E-state index contributed by atoms with van der Waals surface area (Å²) in [4.78, 5) is 18.4. The molecule has 0 radical (unpaired) electrons. The van der Waals surface area contributed by atoms with Crippen LogP contribution < -0.4 is 0 Å². The highest BCUT2D eigenvalue weighted by Crippen LogP contribution is 2.48. The van der Waals surface area contributed by atoms with E-state index in [1.807, 2.05) is 20.8 Å². The van der Waals surface area contributed by atoms with Crippen molar-refractivity contribution in [3.63, 3.8) is 0 Å². The second kappa shape index (κ2) is 8.58. The SMILES string of the molecule is CC(C)(C)OC(=O)N1CCC(O)([C@@H](c2ccc(Cl)cn2)C2CCC(F)(F)CC2)CC1. The molecular weight excluding hydrogens is 414 g/mol. The van der Waals surface area contributed by atoms with Crippen LogP contribution in [-0.4, -0.2) is 51.3 Å². The van der Waals surface area contributed by atoms with Gasteiger partial charge < -0.3 is 14.7 Å². The summed E-state index contributed by atoms with van der Waals surface area (Å²) < 4.78 is 32.9. The van der Waals surface area contributed by atoms with E-state index in [2.05, 4.69) is 4.98 Å². The zero-order chi connectivity index (χ0) is 22.2. The number of ether oxygens (including phenoxy) is 1. The zero-order valence-corrected chi connectivity index (χ0v) is 18.6. The molecule has 1 aromatic rings. The summed E-state index contributed by atoms with van der Waals surface area (Å²) in [6.07, 6.45) is 2.12. The number of alkyl halides is 2. The van der Waals surface area contributed by atoms with Crippen LogP contribution in [0.3, 0.4) is 0 Å². The number of amides is 1. The molecule has 1 aliphatic heterocycles. The van der Waals surface area contributed by atoms with Gasteiger partial charge in [0.05, 0.1) is 10.6 Å². The summed E-state index contributed by atoms with van der Waals surface area (Å²) in [7, 11) is 0. The maximum Gasteiger partial charge on any atom is 0.410 e. The van der Waals surface area contributed by atoms with E-state index < -0.39 is 23.2 Å². The number of hydrogen-bond acceptors (Lipinski definition) is 4. The number of hydrogen-bond donors (Lipinski definition) is 1. The zero-order valence-electron chi connectivity index (χ0n) is 17.8. The van der Waals surface area contributed by atoms with Gasteiger partial charge in [0.1, 0.15) is 5.60 Å². The molecule has 2 aliphatic rings. The Balaban J connectivity index is 1.78. The Morgan fingerprint density at radius 1 is 1.23 bits per heavy atom. The summed E-state index contributed by atoms with van der Waals surface area (Å²) in [5, 5.41) is 12.1. The van der Waals surface area contributed by atoms with E-state index in [0.717, 1.165) is 0 Å². The smallest absolute Gasteiger partial charge is 0.410 e. The van der Waals surface area contributed by atoms with Gasteiger partial charge >= 0.3 is 6.09 Å². The van der Waals surface area contributed by atoms with Crippen LogP contribution in [0.2, 0.25) is 5.02 Å². The van der Waals surface area contributed by atoms with Crippen molar-refractivity contribution in [2.45, 2.75) is 82.3 Å². The molecule has 168 valence electrons. The van der Waals surface area contributed by atoms with Crippen LogP contribution in [0.4, 0.5) is 13.6 Å². The van der Waals surface area contributed by atoms with Gasteiger partial charge in [-0.25, -0.2) is 13.6 Å². The molecule has 8 heteroatoms. The van der Waals surface area contributed by atoms with Gasteiger partial charge in [-0.1, -0.05) is 11.6 Å². The lowest BCUT2D eigenvalue weighted by molar-refractivity contribution is -0.0886. The highest BCUT2D eigenvalue weighted by Gasteiger charge is 2.48. The van der Waals surface area contributed by atoms with Gasteiger partial charge in [0.2, 0.25) is 5.92 Å². The number of carbonyl (C=O) groups is 1. The maximum absolute atomic E-state index is 13.8. The monoisotopic (exact) mass is 444 g/mol. The van der Waals surface area contributed by atoms with Crippen molar-refractivity contribution in [1.29, 1.82) is 0 Å². The second-order valence-electron chi connectivity index (χ2n) is 9.64.